The molecule has 220 valence electrons. The normalized spacial score (nSPS) is 14.2. The molecule has 1 aromatic carbocycles. The summed E-state index contributed by atoms with van der Waals surface area (Å²) in [6.45, 7) is 6.98. The van der Waals surface area contributed by atoms with Crippen molar-refractivity contribution in [3.05, 3.63) is 58.9 Å². The number of piperazine rings is 1. The third-order valence-corrected chi connectivity index (χ3v) is 6.45. The van der Waals surface area contributed by atoms with Crippen LogP contribution in [0.3, 0.4) is 0 Å². The van der Waals surface area contributed by atoms with E-state index < -0.39 is 32.4 Å². The molecule has 0 aliphatic carbocycles. The Labute approximate surface area is 241 Å². The topological polar surface area (TPSA) is 124 Å². The van der Waals surface area contributed by atoms with E-state index in [1.165, 1.54) is 30.6 Å². The highest BCUT2D eigenvalue weighted by Gasteiger charge is 2.26. The molecule has 1 aliphatic rings. The molecular formula is C26H28ClF2N5O6S. The molecule has 0 radical (unpaired) electrons. The summed E-state index contributed by atoms with van der Waals surface area (Å²) in [5.74, 6) is -1.74. The Hall–Kier alpha value is -3.62. The molecule has 0 atom stereocenters. The zero-order valence-electron chi connectivity index (χ0n) is 22.7. The molecule has 1 saturated heterocycles. The zero-order valence-corrected chi connectivity index (χ0v) is 24.3. The third-order valence-electron chi connectivity index (χ3n) is 5.63. The molecule has 41 heavy (non-hydrogen) atoms. The minimum atomic E-state index is -3.77. The zero-order chi connectivity index (χ0) is 29.9. The fourth-order valence-electron chi connectivity index (χ4n) is 3.78. The lowest BCUT2D eigenvalue weighted by molar-refractivity contribution is 0.0240. The first kappa shape index (κ1) is 30.3. The molecule has 4 rings (SSSR count). The van der Waals surface area contributed by atoms with Crippen molar-refractivity contribution < 1.29 is 35.6 Å². The van der Waals surface area contributed by atoms with Crippen LogP contribution < -0.4 is 9.64 Å². The lowest BCUT2D eigenvalue weighted by atomic mass is 10.1. The number of benzene rings is 1. The first-order chi connectivity index (χ1) is 19.2. The van der Waals surface area contributed by atoms with Crippen LogP contribution in [0.15, 0.2) is 36.7 Å². The quantitative estimate of drug-likeness (QED) is 0.272. The number of rotatable bonds is 7. The van der Waals surface area contributed by atoms with E-state index in [1.807, 2.05) is 25.7 Å². The van der Waals surface area contributed by atoms with E-state index in [-0.39, 0.29) is 35.6 Å². The fourth-order valence-corrected chi connectivity index (χ4v) is 4.34. The van der Waals surface area contributed by atoms with Crippen molar-refractivity contribution in [2.24, 2.45) is 0 Å². The van der Waals surface area contributed by atoms with Crippen LogP contribution in [-0.2, 0) is 25.6 Å². The molecule has 3 aromatic rings. The van der Waals surface area contributed by atoms with Gasteiger partial charge in [-0.3, -0.25) is 4.18 Å². The molecule has 0 N–H and O–H groups in total. The molecule has 15 heteroatoms. The number of hydrogen-bond donors (Lipinski definition) is 0. The summed E-state index contributed by atoms with van der Waals surface area (Å²) in [7, 11) is -3.77. The van der Waals surface area contributed by atoms with E-state index >= 15 is 0 Å². The van der Waals surface area contributed by atoms with Gasteiger partial charge in [0.15, 0.2) is 17.4 Å². The molecule has 0 saturated carbocycles. The summed E-state index contributed by atoms with van der Waals surface area (Å²) >= 11 is 5.80. The Bertz CT molecular complexity index is 1510. The summed E-state index contributed by atoms with van der Waals surface area (Å²) in [6, 6.07) is 4.97. The van der Waals surface area contributed by atoms with Gasteiger partial charge in [0.1, 0.15) is 5.60 Å². The van der Waals surface area contributed by atoms with Crippen molar-refractivity contribution in [3.63, 3.8) is 0 Å². The average Bonchev–Trinajstić information content (AvgIpc) is 2.89. The van der Waals surface area contributed by atoms with Gasteiger partial charge in [-0.05, 0) is 44.5 Å². The number of anilines is 1. The predicted octanol–water partition coefficient (Wildman–Crippen LogP) is 4.80. The van der Waals surface area contributed by atoms with Crippen LogP contribution in [-0.4, -0.2) is 72.4 Å². The van der Waals surface area contributed by atoms with Crippen molar-refractivity contribution in [2.45, 2.75) is 33.0 Å². The van der Waals surface area contributed by atoms with Crippen molar-refractivity contribution in [1.29, 1.82) is 0 Å². The number of carbonyl (C=O) groups excluding carboxylic acids is 1. The number of carbonyl (C=O) groups is 1. The van der Waals surface area contributed by atoms with E-state index in [9.17, 15) is 22.0 Å². The Morgan fingerprint density at radius 2 is 1.71 bits per heavy atom. The molecule has 0 unspecified atom stereocenters. The molecule has 3 heterocycles. The summed E-state index contributed by atoms with van der Waals surface area (Å²) in [5.41, 5.74) is 0.0233. The van der Waals surface area contributed by atoms with E-state index in [0.717, 1.165) is 12.3 Å². The first-order valence-corrected chi connectivity index (χ1v) is 14.6. The fraction of sp³-hybridized carbons (Fsp3) is 0.385. The molecule has 11 nitrogen and oxygen atoms in total. The smallest absolute Gasteiger partial charge is 0.410 e. The number of hydrogen-bond acceptors (Lipinski definition) is 10. The van der Waals surface area contributed by atoms with E-state index in [4.69, 9.17) is 25.3 Å². The van der Waals surface area contributed by atoms with Gasteiger partial charge in [0, 0.05) is 37.8 Å². The number of ether oxygens (including phenoxy) is 2. The van der Waals surface area contributed by atoms with Gasteiger partial charge in [0.05, 0.1) is 36.0 Å². The maximum absolute atomic E-state index is 14.0. The molecule has 0 spiro atoms. The van der Waals surface area contributed by atoms with Gasteiger partial charge in [0.2, 0.25) is 11.8 Å². The molecule has 2 aromatic heterocycles. The van der Waals surface area contributed by atoms with Gasteiger partial charge in [-0.15, -0.1) is 0 Å². The molecular weight excluding hydrogens is 584 g/mol. The van der Waals surface area contributed by atoms with Crippen LogP contribution in [0.2, 0.25) is 5.02 Å². The van der Waals surface area contributed by atoms with Crippen LogP contribution in [0.1, 0.15) is 26.3 Å². The van der Waals surface area contributed by atoms with Crippen molar-refractivity contribution in [1.82, 2.24) is 19.9 Å². The van der Waals surface area contributed by atoms with Crippen LogP contribution >= 0.6 is 11.6 Å². The Morgan fingerprint density at radius 3 is 2.29 bits per heavy atom. The Balaban J connectivity index is 1.50. The molecule has 1 amide bonds. The van der Waals surface area contributed by atoms with Crippen molar-refractivity contribution in [2.75, 3.05) is 37.3 Å². The lowest BCUT2D eigenvalue weighted by Crippen LogP contribution is -2.50. The number of nitrogens with zero attached hydrogens (tertiary/aromatic N) is 5. The number of pyridine rings is 1. The average molecular weight is 612 g/mol. The second kappa shape index (κ2) is 12.1. The van der Waals surface area contributed by atoms with Gasteiger partial charge in [0.25, 0.3) is 10.1 Å². The third kappa shape index (κ3) is 8.44. The van der Waals surface area contributed by atoms with Gasteiger partial charge >= 0.3 is 6.09 Å². The highest BCUT2D eigenvalue weighted by Crippen LogP contribution is 2.30. The molecule has 0 bridgehead atoms. The maximum Gasteiger partial charge on any atom is 0.410 e. The lowest BCUT2D eigenvalue weighted by Gasteiger charge is -2.35. The Morgan fingerprint density at radius 1 is 1.05 bits per heavy atom. The van der Waals surface area contributed by atoms with Gasteiger partial charge in [-0.25, -0.2) is 28.5 Å². The number of halogens is 3. The van der Waals surface area contributed by atoms with Crippen LogP contribution in [0, 0.1) is 11.6 Å². The van der Waals surface area contributed by atoms with Crippen LogP contribution in [0.25, 0.3) is 11.3 Å². The molecule has 1 aliphatic heterocycles. The van der Waals surface area contributed by atoms with E-state index in [1.54, 1.807) is 4.90 Å². The number of amides is 1. The molecule has 1 fully saturated rings. The summed E-state index contributed by atoms with van der Waals surface area (Å²) in [4.78, 5) is 28.9. The summed E-state index contributed by atoms with van der Waals surface area (Å²) < 4.78 is 66.9. The van der Waals surface area contributed by atoms with Crippen molar-refractivity contribution >= 4 is 33.8 Å². The predicted molar refractivity (Wildman–Crippen MR) is 146 cm³/mol. The summed E-state index contributed by atoms with van der Waals surface area (Å²) in [6.07, 6.45) is 3.39. The Kier molecular flexibility index (Phi) is 8.94. The minimum absolute atomic E-state index is 0.00205. The standard InChI is InChI=1S/C26H28ClF2N5O6S/c1-26(2,3)40-25(35)34-7-5-33(6-8-34)24-30-13-18(14-31-24)39-22-10-16(15-38-41(4,36)37)9-21(32-22)17-11-19(27)23(29)20(28)12-17/h9-14H,5-8,15H2,1-4H3. The summed E-state index contributed by atoms with van der Waals surface area (Å²) in [5, 5.41) is -0.446. The van der Waals surface area contributed by atoms with E-state index in [2.05, 4.69) is 15.0 Å². The highest BCUT2D eigenvalue weighted by atomic mass is 35.5. The largest absolute Gasteiger partial charge is 0.444 e. The number of aromatic nitrogens is 3. The maximum atomic E-state index is 14.0. The first-order valence-electron chi connectivity index (χ1n) is 12.4. The van der Waals surface area contributed by atoms with Gasteiger partial charge < -0.3 is 19.3 Å². The van der Waals surface area contributed by atoms with Gasteiger partial charge in [-0.2, -0.15) is 8.42 Å². The SMILES string of the molecule is CC(C)(C)OC(=O)N1CCN(c2ncc(Oc3cc(COS(C)(=O)=O)cc(-c4cc(F)c(F)c(Cl)c4)n3)cn2)CC1. The highest BCUT2D eigenvalue weighted by molar-refractivity contribution is 7.85. The monoisotopic (exact) mass is 611 g/mol. The van der Waals surface area contributed by atoms with Crippen molar-refractivity contribution in [3.8, 4) is 22.9 Å². The second-order valence-electron chi connectivity index (χ2n) is 10.2. The van der Waals surface area contributed by atoms with Crippen LogP contribution in [0.5, 0.6) is 11.6 Å². The van der Waals surface area contributed by atoms with E-state index in [0.29, 0.717) is 37.7 Å². The second-order valence-corrected chi connectivity index (χ2v) is 12.2. The van der Waals surface area contributed by atoms with Gasteiger partial charge in [-0.1, -0.05) is 11.6 Å². The van der Waals surface area contributed by atoms with Crippen LogP contribution in [0.4, 0.5) is 19.5 Å². The minimum Gasteiger partial charge on any atom is -0.444 e.